The number of carbonyl (C=O) groups is 1. The molecule has 0 saturated heterocycles. The number of rotatable bonds is 4. The Morgan fingerprint density at radius 3 is 2.89 bits per heavy atom. The van der Waals surface area contributed by atoms with Crippen LogP contribution in [0, 0.1) is 5.82 Å². The molecule has 0 amide bonds. The molecule has 0 saturated carbocycles. The molecular weight excluding hydrogens is 253 g/mol. The third-order valence-corrected chi connectivity index (χ3v) is 3.10. The Labute approximate surface area is 108 Å². The Kier molecular flexibility index (Phi) is 3.24. The third-order valence-electron chi connectivity index (χ3n) is 3.10. The fourth-order valence-corrected chi connectivity index (χ4v) is 1.64. The number of hydrogen-bond acceptors (Lipinski definition) is 5. The van der Waals surface area contributed by atoms with Gasteiger partial charge in [-0.05, 0) is 29.8 Å². The summed E-state index contributed by atoms with van der Waals surface area (Å²) >= 11 is 0. The molecule has 0 aliphatic heterocycles. The lowest BCUT2D eigenvalue weighted by molar-refractivity contribution is -0.147. The molecule has 0 fully saturated rings. The normalized spacial score (nSPS) is 14.1. The highest BCUT2D eigenvalue weighted by atomic mass is 19.1. The molecule has 1 N–H and O–H groups in total. The fourth-order valence-electron chi connectivity index (χ4n) is 1.64. The van der Waals surface area contributed by atoms with Gasteiger partial charge in [0.15, 0.2) is 17.2 Å². The van der Waals surface area contributed by atoms with Crippen molar-refractivity contribution in [1.82, 2.24) is 25.2 Å². The van der Waals surface area contributed by atoms with E-state index in [1.807, 2.05) is 0 Å². The van der Waals surface area contributed by atoms with Crippen molar-refractivity contribution >= 4 is 5.97 Å². The van der Waals surface area contributed by atoms with Crippen LogP contribution in [0.5, 0.6) is 0 Å². The smallest absolute Gasteiger partial charge is 0.331 e. The van der Waals surface area contributed by atoms with Gasteiger partial charge in [-0.3, -0.25) is 4.98 Å². The molecule has 2 aromatic rings. The first-order valence-corrected chi connectivity index (χ1v) is 5.63. The van der Waals surface area contributed by atoms with Gasteiger partial charge in [0.1, 0.15) is 0 Å². The largest absolute Gasteiger partial charge is 0.479 e. The maximum atomic E-state index is 13.7. The molecule has 7 nitrogen and oxygen atoms in total. The fraction of sp³-hybridized carbons (Fsp3) is 0.364. The monoisotopic (exact) mass is 265 g/mol. The number of hydrogen-bond donors (Lipinski definition) is 1. The van der Waals surface area contributed by atoms with Gasteiger partial charge >= 0.3 is 5.97 Å². The molecule has 0 aromatic carbocycles. The van der Waals surface area contributed by atoms with Crippen LogP contribution in [0.4, 0.5) is 4.39 Å². The summed E-state index contributed by atoms with van der Waals surface area (Å²) in [5.74, 6) is -1.63. The predicted molar refractivity (Wildman–Crippen MR) is 62.6 cm³/mol. The summed E-state index contributed by atoms with van der Waals surface area (Å²) < 4.78 is 14.8. The maximum absolute atomic E-state index is 13.7. The highest BCUT2D eigenvalue weighted by Crippen LogP contribution is 2.27. The van der Waals surface area contributed by atoms with Crippen molar-refractivity contribution in [2.24, 2.45) is 0 Å². The van der Waals surface area contributed by atoms with Crippen molar-refractivity contribution in [1.29, 1.82) is 0 Å². The second-order valence-corrected chi connectivity index (χ2v) is 4.20. The van der Waals surface area contributed by atoms with Gasteiger partial charge in [-0.1, -0.05) is 6.92 Å². The van der Waals surface area contributed by atoms with Gasteiger partial charge in [-0.2, -0.15) is 0 Å². The lowest BCUT2D eigenvalue weighted by atomic mass is 9.99. The van der Waals surface area contributed by atoms with Crippen molar-refractivity contribution < 1.29 is 14.3 Å². The van der Waals surface area contributed by atoms with E-state index in [2.05, 4.69) is 20.5 Å². The van der Waals surface area contributed by atoms with Crippen LogP contribution in [-0.4, -0.2) is 36.3 Å². The van der Waals surface area contributed by atoms with Gasteiger partial charge in [0.05, 0.1) is 11.8 Å². The minimum Gasteiger partial charge on any atom is -0.479 e. The summed E-state index contributed by atoms with van der Waals surface area (Å²) in [5.41, 5.74) is -1.23. The number of carboxylic acids is 1. The molecule has 2 aromatic heterocycles. The number of tetrazole rings is 1. The first-order valence-electron chi connectivity index (χ1n) is 5.63. The van der Waals surface area contributed by atoms with Crippen LogP contribution < -0.4 is 0 Å². The second-order valence-electron chi connectivity index (χ2n) is 4.20. The number of nitrogens with zero attached hydrogens (tertiary/aromatic N) is 5. The van der Waals surface area contributed by atoms with Crippen molar-refractivity contribution in [2.75, 3.05) is 0 Å². The Balaban J connectivity index is 2.61. The Morgan fingerprint density at radius 2 is 2.32 bits per heavy atom. The highest BCUT2D eigenvalue weighted by Gasteiger charge is 2.37. The highest BCUT2D eigenvalue weighted by molar-refractivity contribution is 5.77. The molecular formula is C11H12FN5O2. The van der Waals surface area contributed by atoms with E-state index < -0.39 is 17.3 Å². The predicted octanol–water partition coefficient (Wildman–Crippen LogP) is 1.08. The lowest BCUT2D eigenvalue weighted by Crippen LogP contribution is -2.39. The number of pyridine rings is 1. The van der Waals surface area contributed by atoms with E-state index >= 15 is 0 Å². The molecule has 1 unspecified atom stereocenters. The van der Waals surface area contributed by atoms with Gasteiger partial charge in [0.2, 0.25) is 0 Å². The zero-order valence-electron chi connectivity index (χ0n) is 10.4. The van der Waals surface area contributed by atoms with Crippen LogP contribution in [-0.2, 0) is 10.3 Å². The lowest BCUT2D eigenvalue weighted by Gasteiger charge is -2.23. The number of aromatic nitrogens is 5. The Hall–Kier alpha value is -2.38. The molecule has 0 aliphatic carbocycles. The summed E-state index contributed by atoms with van der Waals surface area (Å²) in [6.07, 6.45) is 2.67. The van der Waals surface area contributed by atoms with Crippen LogP contribution in [0.2, 0.25) is 0 Å². The average Bonchev–Trinajstić information content (AvgIpc) is 2.87. The quantitative estimate of drug-likeness (QED) is 0.889. The Morgan fingerprint density at radius 1 is 1.58 bits per heavy atom. The first kappa shape index (κ1) is 13.1. The van der Waals surface area contributed by atoms with E-state index in [9.17, 15) is 14.3 Å². The van der Waals surface area contributed by atoms with E-state index in [4.69, 9.17) is 0 Å². The molecule has 8 heteroatoms. The SMILES string of the molecule is CCC(C)(C(=O)O)n1nnnc1-c1ccncc1F. The van der Waals surface area contributed by atoms with Gasteiger partial charge in [-0.25, -0.2) is 13.9 Å². The standard InChI is InChI=1S/C11H12FN5O2/c1-3-11(2,10(18)19)17-9(14-15-16-17)7-4-5-13-6-8(7)12/h4-6H,3H2,1-2H3,(H,18,19). The third kappa shape index (κ3) is 2.05. The van der Waals surface area contributed by atoms with Gasteiger partial charge in [0.25, 0.3) is 0 Å². The van der Waals surface area contributed by atoms with E-state index in [0.29, 0.717) is 0 Å². The van der Waals surface area contributed by atoms with Crippen molar-refractivity contribution in [3.63, 3.8) is 0 Å². The van der Waals surface area contributed by atoms with Gasteiger partial charge in [-0.15, -0.1) is 5.10 Å². The molecule has 0 radical (unpaired) electrons. The van der Waals surface area contributed by atoms with Crippen molar-refractivity contribution in [3.05, 3.63) is 24.3 Å². The zero-order valence-corrected chi connectivity index (χ0v) is 10.4. The molecule has 2 rings (SSSR count). The van der Waals surface area contributed by atoms with Crippen LogP contribution in [0.25, 0.3) is 11.4 Å². The minimum atomic E-state index is -1.34. The summed E-state index contributed by atoms with van der Waals surface area (Å²) in [5, 5.41) is 20.2. The first-order chi connectivity index (χ1) is 9.00. The summed E-state index contributed by atoms with van der Waals surface area (Å²) in [6.45, 7) is 3.18. The molecule has 1 atom stereocenters. The second kappa shape index (κ2) is 4.71. The molecule has 0 bridgehead atoms. The Bertz CT molecular complexity index is 615. The van der Waals surface area contributed by atoms with E-state index in [1.165, 1.54) is 19.2 Å². The summed E-state index contributed by atoms with van der Waals surface area (Å²) in [6, 6.07) is 1.40. The number of aliphatic carboxylic acids is 1. The van der Waals surface area contributed by atoms with Crippen LogP contribution >= 0.6 is 0 Å². The summed E-state index contributed by atoms with van der Waals surface area (Å²) in [7, 11) is 0. The topological polar surface area (TPSA) is 93.8 Å². The molecule has 100 valence electrons. The van der Waals surface area contributed by atoms with Crippen LogP contribution in [0.3, 0.4) is 0 Å². The van der Waals surface area contributed by atoms with Gasteiger partial charge < -0.3 is 5.11 Å². The van der Waals surface area contributed by atoms with Crippen molar-refractivity contribution in [3.8, 4) is 11.4 Å². The van der Waals surface area contributed by atoms with E-state index in [0.717, 1.165) is 10.9 Å². The van der Waals surface area contributed by atoms with E-state index in [1.54, 1.807) is 6.92 Å². The summed E-state index contributed by atoms with van der Waals surface area (Å²) in [4.78, 5) is 15.0. The molecule has 2 heterocycles. The van der Waals surface area contributed by atoms with Crippen LogP contribution in [0.1, 0.15) is 20.3 Å². The van der Waals surface area contributed by atoms with Crippen molar-refractivity contribution in [2.45, 2.75) is 25.8 Å². The maximum Gasteiger partial charge on any atom is 0.331 e. The van der Waals surface area contributed by atoms with Gasteiger partial charge in [0, 0.05) is 6.20 Å². The molecule has 0 aliphatic rings. The number of carboxylic acid groups (broad SMARTS) is 1. The molecule has 19 heavy (non-hydrogen) atoms. The van der Waals surface area contributed by atoms with Crippen LogP contribution in [0.15, 0.2) is 18.5 Å². The zero-order chi connectivity index (χ0) is 14.0. The average molecular weight is 265 g/mol. The molecule has 0 spiro atoms. The minimum absolute atomic E-state index is 0.0617. The van der Waals surface area contributed by atoms with E-state index in [-0.39, 0.29) is 17.8 Å². The number of halogens is 1.